The zero-order valence-corrected chi connectivity index (χ0v) is 18.1. The molecule has 1 rings (SSSR count). The number of aliphatic carboxylic acids is 2. The second-order valence-corrected chi connectivity index (χ2v) is 8.03. The number of amides is 4. The van der Waals surface area contributed by atoms with E-state index in [0.717, 1.165) is 0 Å². The number of nitrogens with zero attached hydrogens (tertiary/aromatic N) is 1. The van der Waals surface area contributed by atoms with Crippen LogP contribution in [0.3, 0.4) is 0 Å². The molecule has 13 heteroatoms. The molecule has 0 spiro atoms. The van der Waals surface area contributed by atoms with Crippen molar-refractivity contribution in [2.45, 2.75) is 70.1 Å². The molecule has 0 aromatic carbocycles. The van der Waals surface area contributed by atoms with E-state index in [4.69, 9.17) is 16.6 Å². The minimum Gasteiger partial charge on any atom is -0.481 e. The molecule has 0 bridgehead atoms. The summed E-state index contributed by atoms with van der Waals surface area (Å²) in [6.07, 6.45) is -0.216. The van der Waals surface area contributed by atoms with Crippen LogP contribution in [-0.2, 0) is 28.8 Å². The number of carbonyl (C=O) groups excluding carboxylic acids is 4. The predicted molar refractivity (Wildman–Crippen MR) is 110 cm³/mol. The van der Waals surface area contributed by atoms with Gasteiger partial charge in [-0.25, -0.2) is 4.79 Å². The second-order valence-electron chi connectivity index (χ2n) is 8.03. The lowest BCUT2D eigenvalue weighted by Gasteiger charge is -2.28. The van der Waals surface area contributed by atoms with Crippen molar-refractivity contribution in [3.8, 4) is 0 Å². The van der Waals surface area contributed by atoms with Gasteiger partial charge in [0, 0.05) is 13.0 Å². The largest absolute Gasteiger partial charge is 0.481 e. The Labute approximate surface area is 184 Å². The topological polar surface area (TPSA) is 222 Å². The van der Waals surface area contributed by atoms with E-state index in [2.05, 4.69) is 10.6 Å². The predicted octanol–water partition coefficient (Wildman–Crippen LogP) is -2.24. The first kappa shape index (κ1) is 26.8. The molecule has 32 heavy (non-hydrogen) atoms. The van der Waals surface area contributed by atoms with E-state index in [1.807, 2.05) is 0 Å². The van der Waals surface area contributed by atoms with E-state index in [1.54, 1.807) is 13.8 Å². The Kier molecular flexibility index (Phi) is 10.0. The van der Waals surface area contributed by atoms with Crippen LogP contribution in [-0.4, -0.2) is 81.4 Å². The highest BCUT2D eigenvalue weighted by Gasteiger charge is 2.38. The molecule has 0 radical (unpaired) electrons. The monoisotopic (exact) mass is 457 g/mol. The first-order chi connectivity index (χ1) is 14.8. The van der Waals surface area contributed by atoms with Gasteiger partial charge in [0.05, 0.1) is 12.5 Å². The molecule has 180 valence electrons. The molecule has 1 heterocycles. The van der Waals surface area contributed by atoms with Crippen LogP contribution in [0.4, 0.5) is 0 Å². The Bertz CT molecular complexity index is 756. The fraction of sp³-hybridized carbons (Fsp3) is 0.684. The molecule has 4 amide bonds. The lowest BCUT2D eigenvalue weighted by molar-refractivity contribution is -0.144. The van der Waals surface area contributed by atoms with Gasteiger partial charge >= 0.3 is 11.9 Å². The lowest BCUT2D eigenvalue weighted by atomic mass is 10.0. The average molecular weight is 457 g/mol. The molecular formula is C19H31N5O8. The van der Waals surface area contributed by atoms with Gasteiger partial charge in [0.1, 0.15) is 18.1 Å². The molecule has 1 saturated heterocycles. The molecule has 0 aromatic rings. The van der Waals surface area contributed by atoms with Gasteiger partial charge in [-0.3, -0.25) is 24.0 Å². The van der Waals surface area contributed by atoms with E-state index < -0.39 is 72.1 Å². The van der Waals surface area contributed by atoms with Gasteiger partial charge in [-0.2, -0.15) is 0 Å². The zero-order chi connectivity index (χ0) is 24.6. The molecule has 8 N–H and O–H groups in total. The molecule has 4 atom stereocenters. The summed E-state index contributed by atoms with van der Waals surface area (Å²) in [5.41, 5.74) is 10.9. The van der Waals surface area contributed by atoms with Crippen LogP contribution in [0, 0.1) is 5.92 Å². The number of primary amides is 1. The number of rotatable bonds is 12. The Morgan fingerprint density at radius 3 is 2.22 bits per heavy atom. The van der Waals surface area contributed by atoms with Crippen molar-refractivity contribution in [2.75, 3.05) is 6.54 Å². The van der Waals surface area contributed by atoms with Crippen LogP contribution in [0.15, 0.2) is 0 Å². The second kappa shape index (κ2) is 12.0. The highest BCUT2D eigenvalue weighted by molar-refractivity contribution is 5.96. The Morgan fingerprint density at radius 1 is 1.09 bits per heavy atom. The van der Waals surface area contributed by atoms with E-state index in [9.17, 15) is 33.9 Å². The molecule has 0 aromatic heterocycles. The summed E-state index contributed by atoms with van der Waals surface area (Å²) in [4.78, 5) is 72.6. The number of carboxylic acids is 2. The minimum atomic E-state index is -1.43. The van der Waals surface area contributed by atoms with Gasteiger partial charge in [-0.05, 0) is 25.2 Å². The number of hydrogen-bond acceptors (Lipinski definition) is 7. The molecule has 13 nitrogen and oxygen atoms in total. The number of carbonyl (C=O) groups is 6. The normalized spacial score (nSPS) is 18.5. The Hall–Kier alpha value is -3.22. The van der Waals surface area contributed by atoms with Crippen molar-refractivity contribution < 1.29 is 39.0 Å². The Balaban J connectivity index is 2.91. The number of likely N-dealkylation sites (tertiary alicyclic amines) is 1. The van der Waals surface area contributed by atoms with Gasteiger partial charge in [0.25, 0.3) is 0 Å². The van der Waals surface area contributed by atoms with Crippen molar-refractivity contribution in [1.82, 2.24) is 15.5 Å². The summed E-state index contributed by atoms with van der Waals surface area (Å²) in [7, 11) is 0. The van der Waals surface area contributed by atoms with Gasteiger partial charge in [0.2, 0.25) is 23.6 Å². The SMILES string of the molecule is CC(C)C(NC(=O)C(CC(N)=O)NC(=O)C1CCCN1C(=O)C(N)CCC(=O)O)C(=O)O. The van der Waals surface area contributed by atoms with Crippen molar-refractivity contribution in [3.05, 3.63) is 0 Å². The van der Waals surface area contributed by atoms with Gasteiger partial charge < -0.3 is 37.2 Å². The molecule has 0 aliphatic carbocycles. The van der Waals surface area contributed by atoms with E-state index in [0.29, 0.717) is 6.42 Å². The van der Waals surface area contributed by atoms with Crippen LogP contribution in [0.5, 0.6) is 0 Å². The van der Waals surface area contributed by atoms with Crippen molar-refractivity contribution in [1.29, 1.82) is 0 Å². The van der Waals surface area contributed by atoms with Crippen LogP contribution < -0.4 is 22.1 Å². The summed E-state index contributed by atoms with van der Waals surface area (Å²) >= 11 is 0. The minimum absolute atomic E-state index is 0.0997. The third kappa shape index (κ3) is 7.80. The van der Waals surface area contributed by atoms with Crippen molar-refractivity contribution in [2.24, 2.45) is 17.4 Å². The summed E-state index contributed by atoms with van der Waals surface area (Å²) in [5.74, 6) is -5.95. The third-order valence-electron chi connectivity index (χ3n) is 5.09. The summed E-state index contributed by atoms with van der Waals surface area (Å²) in [6.45, 7) is 3.38. The maximum atomic E-state index is 12.8. The third-order valence-corrected chi connectivity index (χ3v) is 5.09. The van der Waals surface area contributed by atoms with Gasteiger partial charge in [0.15, 0.2) is 0 Å². The number of nitrogens with two attached hydrogens (primary N) is 2. The molecule has 0 saturated carbocycles. The fourth-order valence-corrected chi connectivity index (χ4v) is 3.36. The first-order valence-electron chi connectivity index (χ1n) is 10.2. The maximum Gasteiger partial charge on any atom is 0.326 e. The molecule has 1 aliphatic rings. The fourth-order valence-electron chi connectivity index (χ4n) is 3.36. The molecule has 1 fully saturated rings. The van der Waals surface area contributed by atoms with Crippen LogP contribution in [0.2, 0.25) is 0 Å². The maximum absolute atomic E-state index is 12.8. The average Bonchev–Trinajstić information content (AvgIpc) is 3.17. The van der Waals surface area contributed by atoms with Gasteiger partial charge in [-0.15, -0.1) is 0 Å². The summed E-state index contributed by atoms with van der Waals surface area (Å²) in [6, 6.07) is -4.75. The van der Waals surface area contributed by atoms with Gasteiger partial charge in [-0.1, -0.05) is 13.8 Å². The van der Waals surface area contributed by atoms with Crippen LogP contribution in [0.1, 0.15) is 46.0 Å². The van der Waals surface area contributed by atoms with E-state index in [1.165, 1.54) is 4.90 Å². The Morgan fingerprint density at radius 2 is 1.72 bits per heavy atom. The quantitative estimate of drug-likeness (QED) is 0.186. The smallest absolute Gasteiger partial charge is 0.326 e. The molecule has 1 aliphatic heterocycles. The number of carboxylic acid groups (broad SMARTS) is 2. The highest BCUT2D eigenvalue weighted by atomic mass is 16.4. The standard InChI is InChI=1S/C19H31N5O8/c1-9(2)15(19(31)32)23-16(28)11(8-13(21)25)22-17(29)12-4-3-7-24(12)18(30)10(20)5-6-14(26)27/h9-12,15H,3-8,20H2,1-2H3,(H2,21,25)(H,22,29)(H,23,28)(H,26,27)(H,31,32). The van der Waals surface area contributed by atoms with Crippen molar-refractivity contribution in [3.63, 3.8) is 0 Å². The van der Waals surface area contributed by atoms with E-state index in [-0.39, 0.29) is 25.8 Å². The first-order valence-corrected chi connectivity index (χ1v) is 10.2. The highest BCUT2D eigenvalue weighted by Crippen LogP contribution is 2.19. The van der Waals surface area contributed by atoms with Crippen LogP contribution >= 0.6 is 0 Å². The van der Waals surface area contributed by atoms with Crippen LogP contribution in [0.25, 0.3) is 0 Å². The number of nitrogens with one attached hydrogen (secondary N) is 2. The summed E-state index contributed by atoms with van der Waals surface area (Å²) in [5, 5.41) is 22.7. The lowest BCUT2D eigenvalue weighted by Crippen LogP contribution is -2.57. The van der Waals surface area contributed by atoms with E-state index >= 15 is 0 Å². The number of hydrogen-bond donors (Lipinski definition) is 6. The van der Waals surface area contributed by atoms with Crippen molar-refractivity contribution >= 4 is 35.6 Å². The molecular weight excluding hydrogens is 426 g/mol. The summed E-state index contributed by atoms with van der Waals surface area (Å²) < 4.78 is 0. The molecule has 4 unspecified atom stereocenters. The zero-order valence-electron chi connectivity index (χ0n) is 18.1.